The Morgan fingerprint density at radius 3 is 2.90 bits per heavy atom. The minimum Gasteiger partial charge on any atom is -0.366 e. The first-order valence-electron chi connectivity index (χ1n) is 6.72. The van der Waals surface area contributed by atoms with Crippen molar-refractivity contribution in [3.63, 3.8) is 0 Å². The third-order valence-electron chi connectivity index (χ3n) is 3.78. The molecule has 110 valence electrons. The number of rotatable bonds is 2. The van der Waals surface area contributed by atoms with Gasteiger partial charge in [-0.3, -0.25) is 0 Å². The number of halogens is 2. The lowest BCUT2D eigenvalue weighted by atomic mass is 10.1. The SMILES string of the molecule is CN1CCC(Nc2ncc3sc(C#N)c(F)c3c2Br)CC1. The standard InChI is InChI=1S/C14H14BrFN4S/c1-20-4-2-8(3-5-20)19-14-12(15)11-10(7-18-14)21-9(6-17)13(11)16/h7-8H,2-5H2,1H3,(H,18,19). The molecule has 0 radical (unpaired) electrons. The summed E-state index contributed by atoms with van der Waals surface area (Å²) in [6.07, 6.45) is 3.71. The van der Waals surface area contributed by atoms with Crippen molar-refractivity contribution in [2.24, 2.45) is 0 Å². The number of aromatic nitrogens is 1. The van der Waals surface area contributed by atoms with Gasteiger partial charge in [-0.1, -0.05) is 0 Å². The molecule has 0 saturated carbocycles. The van der Waals surface area contributed by atoms with Crippen molar-refractivity contribution in [2.45, 2.75) is 18.9 Å². The fraction of sp³-hybridized carbons (Fsp3) is 0.429. The normalized spacial score (nSPS) is 17.0. The summed E-state index contributed by atoms with van der Waals surface area (Å²) in [6.45, 7) is 2.09. The van der Waals surface area contributed by atoms with Gasteiger partial charge in [0.1, 0.15) is 16.8 Å². The number of pyridine rings is 1. The van der Waals surface area contributed by atoms with E-state index < -0.39 is 5.82 Å². The van der Waals surface area contributed by atoms with E-state index in [9.17, 15) is 4.39 Å². The third-order valence-corrected chi connectivity index (χ3v) is 5.55. The molecule has 4 nitrogen and oxygen atoms in total. The lowest BCUT2D eigenvalue weighted by Crippen LogP contribution is -2.36. The molecule has 21 heavy (non-hydrogen) atoms. The van der Waals surface area contributed by atoms with Crippen LogP contribution in [0.1, 0.15) is 17.7 Å². The minimum atomic E-state index is -0.460. The van der Waals surface area contributed by atoms with Gasteiger partial charge >= 0.3 is 0 Å². The average molecular weight is 369 g/mol. The summed E-state index contributed by atoms with van der Waals surface area (Å²) < 4.78 is 15.5. The summed E-state index contributed by atoms with van der Waals surface area (Å²) in [5.74, 6) is 0.191. The van der Waals surface area contributed by atoms with Gasteiger partial charge in [-0.15, -0.1) is 11.3 Å². The van der Waals surface area contributed by atoms with Crippen molar-refractivity contribution in [3.8, 4) is 6.07 Å². The fourth-order valence-corrected chi connectivity index (χ4v) is 4.13. The summed E-state index contributed by atoms with van der Waals surface area (Å²) in [4.78, 5) is 6.77. The van der Waals surface area contributed by atoms with E-state index in [1.54, 1.807) is 6.20 Å². The quantitative estimate of drug-likeness (QED) is 0.879. The van der Waals surface area contributed by atoms with Gasteiger partial charge < -0.3 is 10.2 Å². The Morgan fingerprint density at radius 1 is 1.52 bits per heavy atom. The molecule has 0 aromatic carbocycles. The molecule has 2 aromatic rings. The minimum absolute atomic E-state index is 0.101. The maximum atomic E-state index is 14.2. The first-order chi connectivity index (χ1) is 10.1. The third kappa shape index (κ3) is 2.76. The molecule has 7 heteroatoms. The Labute approximate surface area is 134 Å². The molecule has 1 N–H and O–H groups in total. The number of hydrogen-bond acceptors (Lipinski definition) is 5. The van der Waals surface area contributed by atoms with E-state index in [1.807, 2.05) is 6.07 Å². The molecule has 0 bridgehead atoms. The van der Waals surface area contributed by atoms with Gasteiger partial charge in [-0.05, 0) is 48.9 Å². The van der Waals surface area contributed by atoms with Crippen LogP contribution >= 0.6 is 27.3 Å². The molecular weight excluding hydrogens is 355 g/mol. The van der Waals surface area contributed by atoms with Gasteiger partial charge in [-0.25, -0.2) is 9.37 Å². The Morgan fingerprint density at radius 2 is 2.24 bits per heavy atom. The number of hydrogen-bond donors (Lipinski definition) is 1. The van der Waals surface area contributed by atoms with Crippen LogP contribution in [0.15, 0.2) is 10.7 Å². The van der Waals surface area contributed by atoms with Crippen LogP contribution < -0.4 is 5.32 Å². The number of fused-ring (bicyclic) bond motifs is 1. The van der Waals surface area contributed by atoms with Crippen LogP contribution in [-0.2, 0) is 0 Å². The van der Waals surface area contributed by atoms with Crippen LogP contribution in [-0.4, -0.2) is 36.1 Å². The van der Waals surface area contributed by atoms with E-state index in [4.69, 9.17) is 5.26 Å². The summed E-state index contributed by atoms with van der Waals surface area (Å²) in [7, 11) is 2.11. The number of nitrogens with zero attached hydrogens (tertiary/aromatic N) is 3. The zero-order valence-corrected chi connectivity index (χ0v) is 13.9. The van der Waals surface area contributed by atoms with Crippen molar-refractivity contribution in [1.82, 2.24) is 9.88 Å². The predicted molar refractivity (Wildman–Crippen MR) is 86.1 cm³/mol. The van der Waals surface area contributed by atoms with Crippen LogP contribution in [0.4, 0.5) is 10.2 Å². The zero-order valence-electron chi connectivity index (χ0n) is 11.5. The van der Waals surface area contributed by atoms with E-state index in [-0.39, 0.29) is 4.88 Å². The molecule has 0 amide bonds. The summed E-state index contributed by atoms with van der Waals surface area (Å²) in [5.41, 5.74) is 0. The van der Waals surface area contributed by atoms with Crippen molar-refractivity contribution < 1.29 is 4.39 Å². The topological polar surface area (TPSA) is 52.0 Å². The van der Waals surface area contributed by atoms with Gasteiger partial charge in [-0.2, -0.15) is 5.26 Å². The highest BCUT2D eigenvalue weighted by molar-refractivity contribution is 9.10. The predicted octanol–water partition coefficient (Wildman–Crippen LogP) is 3.58. The largest absolute Gasteiger partial charge is 0.366 e. The second-order valence-electron chi connectivity index (χ2n) is 5.24. The second kappa shape index (κ2) is 5.87. The lowest BCUT2D eigenvalue weighted by Gasteiger charge is -2.30. The zero-order chi connectivity index (χ0) is 15.0. The van der Waals surface area contributed by atoms with Gasteiger partial charge in [0.05, 0.1) is 9.17 Å². The molecule has 2 aromatic heterocycles. The summed E-state index contributed by atoms with van der Waals surface area (Å²) in [6, 6.07) is 2.23. The molecule has 0 atom stereocenters. The Balaban J connectivity index is 1.91. The molecule has 0 spiro atoms. The first kappa shape index (κ1) is 14.7. The van der Waals surface area contributed by atoms with Crippen LogP contribution in [0.5, 0.6) is 0 Å². The maximum absolute atomic E-state index is 14.2. The molecule has 0 unspecified atom stereocenters. The molecule has 1 saturated heterocycles. The fourth-order valence-electron chi connectivity index (χ4n) is 2.54. The van der Waals surface area contributed by atoms with Crippen molar-refractivity contribution in [1.29, 1.82) is 5.26 Å². The lowest BCUT2D eigenvalue weighted by molar-refractivity contribution is 0.263. The van der Waals surface area contributed by atoms with Gasteiger partial charge in [0.25, 0.3) is 0 Å². The van der Waals surface area contributed by atoms with E-state index in [2.05, 4.69) is 38.2 Å². The van der Waals surface area contributed by atoms with Crippen LogP contribution in [0.25, 0.3) is 10.1 Å². The molecule has 3 heterocycles. The number of anilines is 1. The van der Waals surface area contributed by atoms with Gasteiger partial charge in [0.15, 0.2) is 5.82 Å². The van der Waals surface area contributed by atoms with E-state index >= 15 is 0 Å². The monoisotopic (exact) mass is 368 g/mol. The maximum Gasteiger partial charge on any atom is 0.161 e. The Hall–Kier alpha value is -1.23. The molecule has 1 aliphatic rings. The number of nitrogens with one attached hydrogen (secondary N) is 1. The number of piperidine rings is 1. The Bertz CT molecular complexity index is 716. The Kier molecular flexibility index (Phi) is 4.11. The van der Waals surface area contributed by atoms with E-state index in [0.717, 1.165) is 37.3 Å². The van der Waals surface area contributed by atoms with Crippen LogP contribution in [0.2, 0.25) is 0 Å². The number of thiophene rings is 1. The number of likely N-dealkylation sites (tertiary alicyclic amines) is 1. The molecule has 1 fully saturated rings. The highest BCUT2D eigenvalue weighted by atomic mass is 79.9. The van der Waals surface area contributed by atoms with Gasteiger partial charge in [0, 0.05) is 17.6 Å². The van der Waals surface area contributed by atoms with Crippen molar-refractivity contribution in [2.75, 3.05) is 25.5 Å². The highest BCUT2D eigenvalue weighted by Crippen LogP contribution is 2.37. The van der Waals surface area contributed by atoms with E-state index in [1.165, 1.54) is 0 Å². The summed E-state index contributed by atoms with van der Waals surface area (Å²) >= 11 is 4.57. The highest BCUT2D eigenvalue weighted by Gasteiger charge is 2.21. The van der Waals surface area contributed by atoms with Crippen molar-refractivity contribution >= 4 is 43.2 Å². The number of nitriles is 1. The summed E-state index contributed by atoms with van der Waals surface area (Å²) in [5, 5.41) is 12.8. The average Bonchev–Trinajstić information content (AvgIpc) is 2.81. The first-order valence-corrected chi connectivity index (χ1v) is 8.32. The molecule has 0 aliphatic carbocycles. The van der Waals surface area contributed by atoms with Crippen molar-refractivity contribution in [3.05, 3.63) is 21.4 Å². The smallest absolute Gasteiger partial charge is 0.161 e. The van der Waals surface area contributed by atoms with Gasteiger partial charge in [0.2, 0.25) is 0 Å². The second-order valence-corrected chi connectivity index (χ2v) is 7.08. The van der Waals surface area contributed by atoms with Crippen LogP contribution in [0, 0.1) is 17.1 Å². The molecule has 3 rings (SSSR count). The molecule has 1 aliphatic heterocycles. The van der Waals surface area contributed by atoms with E-state index in [0.29, 0.717) is 26.4 Å². The molecular formula is C14H14BrFN4S. The van der Waals surface area contributed by atoms with Crippen LogP contribution in [0.3, 0.4) is 0 Å².